The topological polar surface area (TPSA) is 75.6 Å². The highest BCUT2D eigenvalue weighted by Crippen LogP contribution is 2.27. The van der Waals surface area contributed by atoms with Gasteiger partial charge in [0.2, 0.25) is 5.56 Å². The number of fused-ring (bicyclic) bond motifs is 1. The average molecular weight is 259 g/mol. The first kappa shape index (κ1) is 12.1. The molecule has 1 aliphatic rings. The van der Waals surface area contributed by atoms with Crippen molar-refractivity contribution in [3.05, 3.63) is 45.9 Å². The summed E-state index contributed by atoms with van der Waals surface area (Å²) in [5.41, 5.74) is 2.25. The van der Waals surface area contributed by atoms with Crippen LogP contribution in [0.1, 0.15) is 36.0 Å². The molecule has 1 atom stereocenters. The van der Waals surface area contributed by atoms with Gasteiger partial charge in [0.05, 0.1) is 6.54 Å². The molecule has 0 aliphatic heterocycles. The van der Waals surface area contributed by atoms with Gasteiger partial charge in [0.25, 0.3) is 0 Å². The van der Waals surface area contributed by atoms with E-state index < -0.39 is 0 Å². The molecular formula is C13H17N5O. The largest absolute Gasteiger partial charge is 0.326 e. The van der Waals surface area contributed by atoms with Crippen LogP contribution >= 0.6 is 0 Å². The molecule has 19 heavy (non-hydrogen) atoms. The first-order valence-corrected chi connectivity index (χ1v) is 6.52. The van der Waals surface area contributed by atoms with Gasteiger partial charge in [0.1, 0.15) is 12.2 Å². The van der Waals surface area contributed by atoms with Gasteiger partial charge in [-0.05, 0) is 24.8 Å². The summed E-state index contributed by atoms with van der Waals surface area (Å²) in [6, 6.07) is 3.81. The van der Waals surface area contributed by atoms with Crippen LogP contribution in [-0.2, 0) is 20.0 Å². The zero-order valence-corrected chi connectivity index (χ0v) is 10.9. The van der Waals surface area contributed by atoms with Crippen LogP contribution in [0.25, 0.3) is 0 Å². The molecule has 0 aromatic carbocycles. The van der Waals surface area contributed by atoms with Crippen molar-refractivity contribution in [3.63, 3.8) is 0 Å². The predicted molar refractivity (Wildman–Crippen MR) is 70.6 cm³/mol. The van der Waals surface area contributed by atoms with Crippen molar-refractivity contribution in [2.24, 2.45) is 7.05 Å². The van der Waals surface area contributed by atoms with E-state index in [-0.39, 0.29) is 11.6 Å². The molecule has 2 N–H and O–H groups in total. The maximum absolute atomic E-state index is 11.3. The van der Waals surface area contributed by atoms with Crippen LogP contribution in [0.5, 0.6) is 0 Å². The Morgan fingerprint density at radius 3 is 3.21 bits per heavy atom. The first-order valence-electron chi connectivity index (χ1n) is 6.52. The van der Waals surface area contributed by atoms with Crippen molar-refractivity contribution in [2.75, 3.05) is 0 Å². The number of aromatic nitrogens is 4. The van der Waals surface area contributed by atoms with Crippen molar-refractivity contribution < 1.29 is 0 Å². The Bertz CT molecular complexity index is 630. The molecule has 1 aliphatic carbocycles. The Morgan fingerprint density at radius 2 is 2.42 bits per heavy atom. The number of aromatic amines is 1. The van der Waals surface area contributed by atoms with Gasteiger partial charge >= 0.3 is 0 Å². The molecule has 0 saturated carbocycles. The molecule has 0 saturated heterocycles. The molecule has 0 radical (unpaired) electrons. The van der Waals surface area contributed by atoms with Crippen LogP contribution < -0.4 is 10.9 Å². The molecule has 0 bridgehead atoms. The van der Waals surface area contributed by atoms with Gasteiger partial charge in [-0.3, -0.25) is 4.79 Å². The smallest absolute Gasteiger partial charge is 0.248 e. The number of hydrogen-bond donors (Lipinski definition) is 2. The lowest BCUT2D eigenvalue weighted by molar-refractivity contribution is 0.444. The third-order valence-corrected chi connectivity index (χ3v) is 3.64. The minimum atomic E-state index is -0.0206. The van der Waals surface area contributed by atoms with Crippen LogP contribution in [-0.4, -0.2) is 19.7 Å². The minimum Gasteiger partial charge on any atom is -0.326 e. The van der Waals surface area contributed by atoms with Crippen LogP contribution in [0, 0.1) is 0 Å². The molecule has 1 unspecified atom stereocenters. The molecule has 2 aromatic rings. The van der Waals surface area contributed by atoms with E-state index in [1.807, 2.05) is 17.7 Å². The Kier molecular flexibility index (Phi) is 3.16. The highest BCUT2D eigenvalue weighted by Gasteiger charge is 2.20. The number of H-pyrrole nitrogens is 1. The van der Waals surface area contributed by atoms with Crippen LogP contribution in [0.2, 0.25) is 0 Å². The first-order chi connectivity index (χ1) is 9.24. The molecule has 6 heteroatoms. The number of nitrogens with one attached hydrogen (secondary N) is 2. The number of aryl methyl sites for hydroxylation is 2. The number of hydrogen-bond acceptors (Lipinski definition) is 4. The van der Waals surface area contributed by atoms with Gasteiger partial charge in [-0.2, -0.15) is 0 Å². The van der Waals surface area contributed by atoms with E-state index in [1.165, 1.54) is 5.56 Å². The van der Waals surface area contributed by atoms with Crippen molar-refractivity contribution in [1.29, 1.82) is 0 Å². The maximum atomic E-state index is 11.3. The van der Waals surface area contributed by atoms with Crippen LogP contribution in [0.15, 0.2) is 23.3 Å². The second kappa shape index (κ2) is 4.97. The lowest BCUT2D eigenvalue weighted by Crippen LogP contribution is -2.27. The second-order valence-corrected chi connectivity index (χ2v) is 4.94. The summed E-state index contributed by atoms with van der Waals surface area (Å²) in [5.74, 6) is 0.913. The van der Waals surface area contributed by atoms with Crippen molar-refractivity contribution >= 4 is 0 Å². The second-order valence-electron chi connectivity index (χ2n) is 4.94. The van der Waals surface area contributed by atoms with Gasteiger partial charge in [-0.15, -0.1) is 10.2 Å². The van der Waals surface area contributed by atoms with Crippen molar-refractivity contribution in [2.45, 2.75) is 31.8 Å². The average Bonchev–Trinajstić information content (AvgIpc) is 2.81. The van der Waals surface area contributed by atoms with Crippen LogP contribution in [0.4, 0.5) is 0 Å². The molecule has 6 nitrogen and oxygen atoms in total. The summed E-state index contributed by atoms with van der Waals surface area (Å²) in [7, 11) is 1.93. The monoisotopic (exact) mass is 259 g/mol. The normalized spacial score (nSPS) is 18.3. The maximum Gasteiger partial charge on any atom is 0.248 e. The van der Waals surface area contributed by atoms with Gasteiger partial charge in [-0.1, -0.05) is 6.07 Å². The van der Waals surface area contributed by atoms with E-state index in [2.05, 4.69) is 20.5 Å². The minimum absolute atomic E-state index is 0.0206. The Morgan fingerprint density at radius 1 is 1.53 bits per heavy atom. The molecule has 3 rings (SSSR count). The molecule has 0 amide bonds. The standard InChI is InChI=1S/C13H17N5O/c1-18-8-15-17-12(18)7-14-10-3-2-4-11-9(10)5-6-13(19)16-11/h5-6,8,10,14H,2-4,7H2,1H3,(H,16,19). The SMILES string of the molecule is Cn1cnnc1CNC1CCCc2[nH]c(=O)ccc21. The Balaban J connectivity index is 1.77. The Labute approximate surface area is 110 Å². The molecule has 0 fully saturated rings. The summed E-state index contributed by atoms with van der Waals surface area (Å²) < 4.78 is 1.91. The van der Waals surface area contributed by atoms with Crippen molar-refractivity contribution in [3.8, 4) is 0 Å². The van der Waals surface area contributed by atoms with E-state index in [0.29, 0.717) is 6.54 Å². The fourth-order valence-electron chi connectivity index (χ4n) is 2.59. The van der Waals surface area contributed by atoms with E-state index in [0.717, 1.165) is 30.8 Å². The number of nitrogens with zero attached hydrogens (tertiary/aromatic N) is 3. The number of rotatable bonds is 3. The van der Waals surface area contributed by atoms with Gasteiger partial charge < -0.3 is 14.9 Å². The zero-order chi connectivity index (χ0) is 13.2. The van der Waals surface area contributed by atoms with E-state index in [1.54, 1.807) is 12.4 Å². The van der Waals surface area contributed by atoms with Crippen LogP contribution in [0.3, 0.4) is 0 Å². The highest BCUT2D eigenvalue weighted by molar-refractivity contribution is 5.26. The highest BCUT2D eigenvalue weighted by atomic mass is 16.1. The Hall–Kier alpha value is -1.95. The molecule has 2 heterocycles. The van der Waals surface area contributed by atoms with Gasteiger partial charge in [0.15, 0.2) is 0 Å². The third-order valence-electron chi connectivity index (χ3n) is 3.64. The van der Waals surface area contributed by atoms with Gasteiger partial charge in [0, 0.05) is 24.8 Å². The summed E-state index contributed by atoms with van der Waals surface area (Å²) in [6.07, 6.45) is 4.82. The molecular weight excluding hydrogens is 242 g/mol. The number of pyridine rings is 1. The van der Waals surface area contributed by atoms with E-state index in [4.69, 9.17) is 0 Å². The fraction of sp³-hybridized carbons (Fsp3) is 0.462. The molecule has 0 spiro atoms. The zero-order valence-electron chi connectivity index (χ0n) is 10.9. The van der Waals surface area contributed by atoms with E-state index >= 15 is 0 Å². The van der Waals surface area contributed by atoms with E-state index in [9.17, 15) is 4.79 Å². The lowest BCUT2D eigenvalue weighted by Gasteiger charge is -2.25. The lowest BCUT2D eigenvalue weighted by atomic mass is 9.91. The summed E-state index contributed by atoms with van der Waals surface area (Å²) in [4.78, 5) is 14.3. The molecule has 100 valence electrons. The van der Waals surface area contributed by atoms with Crippen molar-refractivity contribution in [1.82, 2.24) is 25.1 Å². The fourth-order valence-corrected chi connectivity index (χ4v) is 2.59. The quantitative estimate of drug-likeness (QED) is 0.849. The van der Waals surface area contributed by atoms with Gasteiger partial charge in [-0.25, -0.2) is 0 Å². The summed E-state index contributed by atoms with van der Waals surface area (Å²) >= 11 is 0. The molecule has 2 aromatic heterocycles. The third kappa shape index (κ3) is 2.44. The predicted octanol–water partition coefficient (Wildman–Crippen LogP) is 0.671. The summed E-state index contributed by atoms with van der Waals surface area (Å²) in [5, 5.41) is 11.4. The summed E-state index contributed by atoms with van der Waals surface area (Å²) in [6.45, 7) is 0.680.